The smallest absolute Gasteiger partial charge is 0.349 e. The number of fused-ring (bicyclic) bond motifs is 2. The van der Waals surface area contributed by atoms with Gasteiger partial charge in [-0.1, -0.05) is 0 Å². The standard InChI is InChI=1S/C18H23FN4O2/c1-10-7-13-14-16(15(10)19)25-6-5-12-9-21(3)8-11(2)23(12)17(14)20-18(24)22(13)4/h7,11-12H,5-6,8-9H2,1-4H3. The monoisotopic (exact) mass is 346 g/mol. The Hall–Kier alpha value is -2.15. The molecule has 134 valence electrons. The lowest BCUT2D eigenvalue weighted by molar-refractivity contribution is 0.199. The highest BCUT2D eigenvalue weighted by Crippen LogP contribution is 2.40. The van der Waals surface area contributed by atoms with Crippen LogP contribution < -0.4 is 15.3 Å². The van der Waals surface area contributed by atoms with E-state index in [-0.39, 0.29) is 29.3 Å². The number of hydrogen-bond acceptors (Lipinski definition) is 5. The SMILES string of the molecule is Cc1cc2c3c(nc(=O)n2C)N2C(C)CN(C)CC2CCOc3c1F. The number of nitrogens with zero attached hydrogens (tertiary/aromatic N) is 4. The number of piperazine rings is 1. The highest BCUT2D eigenvalue weighted by Gasteiger charge is 2.36. The summed E-state index contributed by atoms with van der Waals surface area (Å²) < 4.78 is 22.1. The van der Waals surface area contributed by atoms with Crippen molar-refractivity contribution in [2.75, 3.05) is 31.6 Å². The Bertz CT molecular complexity index is 910. The molecule has 0 spiro atoms. The molecule has 0 aliphatic carbocycles. The van der Waals surface area contributed by atoms with Gasteiger partial charge in [-0.2, -0.15) is 4.98 Å². The van der Waals surface area contributed by atoms with Gasteiger partial charge in [0.1, 0.15) is 5.82 Å². The Morgan fingerprint density at radius 2 is 2.08 bits per heavy atom. The average molecular weight is 346 g/mol. The van der Waals surface area contributed by atoms with Crippen LogP contribution in [0.1, 0.15) is 18.9 Å². The number of likely N-dealkylation sites (N-methyl/N-ethyl adjacent to an activating group) is 1. The molecule has 1 aromatic carbocycles. The fraction of sp³-hybridized carbons (Fsp3) is 0.556. The van der Waals surface area contributed by atoms with Crippen molar-refractivity contribution < 1.29 is 9.13 Å². The zero-order valence-corrected chi connectivity index (χ0v) is 15.0. The van der Waals surface area contributed by atoms with Crippen molar-refractivity contribution in [1.29, 1.82) is 0 Å². The van der Waals surface area contributed by atoms with Crippen LogP contribution in [0.2, 0.25) is 0 Å². The van der Waals surface area contributed by atoms with Gasteiger partial charge in [0, 0.05) is 38.6 Å². The summed E-state index contributed by atoms with van der Waals surface area (Å²) in [7, 11) is 3.76. The van der Waals surface area contributed by atoms with E-state index in [9.17, 15) is 9.18 Å². The highest BCUT2D eigenvalue weighted by atomic mass is 19.1. The van der Waals surface area contributed by atoms with Crippen molar-refractivity contribution in [2.24, 2.45) is 7.05 Å². The zero-order chi connectivity index (χ0) is 17.9. The first kappa shape index (κ1) is 16.3. The molecule has 25 heavy (non-hydrogen) atoms. The van der Waals surface area contributed by atoms with Crippen molar-refractivity contribution in [3.8, 4) is 5.75 Å². The predicted octanol–water partition coefficient (Wildman–Crippen LogP) is 1.67. The molecule has 0 bridgehead atoms. The normalized spacial score (nSPS) is 23.8. The molecule has 0 radical (unpaired) electrons. The van der Waals surface area contributed by atoms with Gasteiger partial charge in [0.25, 0.3) is 0 Å². The molecule has 1 fully saturated rings. The molecule has 2 aliphatic heterocycles. The third kappa shape index (κ3) is 2.40. The number of aryl methyl sites for hydroxylation is 2. The lowest BCUT2D eigenvalue weighted by Crippen LogP contribution is -2.58. The van der Waals surface area contributed by atoms with Gasteiger partial charge >= 0.3 is 5.69 Å². The van der Waals surface area contributed by atoms with Gasteiger partial charge < -0.3 is 14.5 Å². The molecular formula is C18H23FN4O2. The third-order valence-electron chi connectivity index (χ3n) is 5.36. The lowest BCUT2D eigenvalue weighted by Gasteiger charge is -2.46. The molecule has 0 saturated carbocycles. The van der Waals surface area contributed by atoms with Crippen molar-refractivity contribution in [3.63, 3.8) is 0 Å². The van der Waals surface area contributed by atoms with Crippen molar-refractivity contribution in [1.82, 2.24) is 14.5 Å². The minimum absolute atomic E-state index is 0.182. The fourth-order valence-corrected chi connectivity index (χ4v) is 4.20. The molecule has 7 heteroatoms. The van der Waals surface area contributed by atoms with Gasteiger partial charge in [-0.05, 0) is 32.5 Å². The largest absolute Gasteiger partial charge is 0.490 e. The minimum atomic E-state index is -0.366. The Kier molecular flexibility index (Phi) is 3.72. The van der Waals surface area contributed by atoms with E-state index in [2.05, 4.69) is 28.8 Å². The van der Waals surface area contributed by atoms with Crippen molar-refractivity contribution >= 4 is 16.7 Å². The second-order valence-corrected chi connectivity index (χ2v) is 7.28. The minimum Gasteiger partial charge on any atom is -0.490 e. The molecule has 0 amide bonds. The van der Waals surface area contributed by atoms with Crippen LogP contribution >= 0.6 is 0 Å². The van der Waals surface area contributed by atoms with Crippen LogP contribution in [0.5, 0.6) is 5.75 Å². The number of ether oxygens (including phenoxy) is 1. The first-order valence-corrected chi connectivity index (χ1v) is 8.68. The number of hydrogen-bond donors (Lipinski definition) is 0. The summed E-state index contributed by atoms with van der Waals surface area (Å²) >= 11 is 0. The predicted molar refractivity (Wildman–Crippen MR) is 95.0 cm³/mol. The van der Waals surface area contributed by atoms with Crippen molar-refractivity contribution in [3.05, 3.63) is 27.9 Å². The molecule has 2 aliphatic rings. The summed E-state index contributed by atoms with van der Waals surface area (Å²) in [4.78, 5) is 21.3. The van der Waals surface area contributed by atoms with Crippen LogP contribution in [0, 0.1) is 12.7 Å². The second-order valence-electron chi connectivity index (χ2n) is 7.28. The summed E-state index contributed by atoms with van der Waals surface area (Å²) in [6.07, 6.45) is 0.764. The van der Waals surface area contributed by atoms with E-state index in [0.29, 0.717) is 28.9 Å². The van der Waals surface area contributed by atoms with Gasteiger partial charge in [-0.25, -0.2) is 9.18 Å². The van der Waals surface area contributed by atoms with E-state index < -0.39 is 0 Å². The van der Waals surface area contributed by atoms with Crippen LogP contribution in [0.3, 0.4) is 0 Å². The second kappa shape index (κ2) is 5.69. The van der Waals surface area contributed by atoms with E-state index in [1.54, 1.807) is 20.0 Å². The van der Waals surface area contributed by atoms with Crippen LogP contribution in [0.15, 0.2) is 10.9 Å². The molecule has 6 nitrogen and oxygen atoms in total. The van der Waals surface area contributed by atoms with E-state index in [4.69, 9.17) is 4.74 Å². The summed E-state index contributed by atoms with van der Waals surface area (Å²) in [6, 6.07) is 2.08. The maximum atomic E-state index is 14.8. The number of anilines is 1. The molecular weight excluding hydrogens is 323 g/mol. The summed E-state index contributed by atoms with van der Waals surface area (Å²) in [5, 5.41) is 0.603. The molecule has 4 rings (SSSR count). The fourth-order valence-electron chi connectivity index (χ4n) is 4.20. The Labute approximate surface area is 145 Å². The Morgan fingerprint density at radius 3 is 2.84 bits per heavy atom. The van der Waals surface area contributed by atoms with Gasteiger partial charge in [0.2, 0.25) is 0 Å². The van der Waals surface area contributed by atoms with Crippen LogP contribution in [-0.4, -0.2) is 53.3 Å². The molecule has 3 heterocycles. The Morgan fingerprint density at radius 1 is 1.32 bits per heavy atom. The Balaban J connectivity index is 2.08. The topological polar surface area (TPSA) is 50.6 Å². The van der Waals surface area contributed by atoms with E-state index in [1.165, 1.54) is 4.57 Å². The van der Waals surface area contributed by atoms with Gasteiger partial charge in [-0.15, -0.1) is 0 Å². The van der Waals surface area contributed by atoms with Crippen LogP contribution in [0.25, 0.3) is 10.9 Å². The van der Waals surface area contributed by atoms with Gasteiger partial charge in [-0.3, -0.25) is 4.57 Å². The molecule has 1 aromatic heterocycles. The van der Waals surface area contributed by atoms with Gasteiger partial charge in [0.05, 0.1) is 17.5 Å². The third-order valence-corrected chi connectivity index (χ3v) is 5.36. The maximum absolute atomic E-state index is 14.8. The quantitative estimate of drug-likeness (QED) is 0.726. The first-order valence-electron chi connectivity index (χ1n) is 8.68. The van der Waals surface area contributed by atoms with Gasteiger partial charge in [0.15, 0.2) is 11.6 Å². The first-order chi connectivity index (χ1) is 11.9. The van der Waals surface area contributed by atoms with E-state index in [0.717, 1.165) is 19.5 Å². The summed E-state index contributed by atoms with van der Waals surface area (Å²) in [5.41, 5.74) is 0.804. The summed E-state index contributed by atoms with van der Waals surface area (Å²) in [6.45, 7) is 6.01. The van der Waals surface area contributed by atoms with E-state index >= 15 is 0 Å². The number of benzene rings is 1. The maximum Gasteiger partial charge on any atom is 0.349 e. The molecule has 2 unspecified atom stereocenters. The number of rotatable bonds is 0. The van der Waals surface area contributed by atoms with Crippen LogP contribution in [0.4, 0.5) is 10.2 Å². The van der Waals surface area contributed by atoms with Crippen molar-refractivity contribution in [2.45, 2.75) is 32.4 Å². The van der Waals surface area contributed by atoms with Crippen LogP contribution in [-0.2, 0) is 7.05 Å². The number of aromatic nitrogens is 2. The molecule has 0 N–H and O–H groups in total. The number of halogens is 1. The summed E-state index contributed by atoms with van der Waals surface area (Å²) in [5.74, 6) is 0.407. The molecule has 2 aromatic rings. The molecule has 2 atom stereocenters. The lowest BCUT2D eigenvalue weighted by atomic mass is 10.0. The molecule has 1 saturated heterocycles. The highest BCUT2D eigenvalue weighted by molar-refractivity contribution is 5.96. The average Bonchev–Trinajstić information content (AvgIpc) is 2.53. The van der Waals surface area contributed by atoms with E-state index in [1.807, 2.05) is 0 Å². The zero-order valence-electron chi connectivity index (χ0n) is 15.0.